The fourth-order valence-electron chi connectivity index (χ4n) is 3.74. The maximum Gasteiger partial charge on any atom is 0.270 e. The van der Waals surface area contributed by atoms with Gasteiger partial charge in [0.25, 0.3) is 17.2 Å². The third-order valence-corrected chi connectivity index (χ3v) is 5.41. The molecule has 0 radical (unpaired) electrons. The van der Waals surface area contributed by atoms with Crippen LogP contribution < -0.4 is 15.2 Å². The van der Waals surface area contributed by atoms with Crippen molar-refractivity contribution in [2.75, 3.05) is 11.5 Å². The van der Waals surface area contributed by atoms with Crippen LogP contribution in [-0.2, 0) is 6.54 Å². The van der Waals surface area contributed by atoms with Gasteiger partial charge in [-0.2, -0.15) is 0 Å². The van der Waals surface area contributed by atoms with Gasteiger partial charge in [0.05, 0.1) is 18.1 Å². The smallest absolute Gasteiger partial charge is 0.270 e. The summed E-state index contributed by atoms with van der Waals surface area (Å²) in [6, 6.07) is 19.9. The molecule has 0 bridgehead atoms. The Labute approximate surface area is 195 Å². The fourth-order valence-corrected chi connectivity index (χ4v) is 3.74. The van der Waals surface area contributed by atoms with E-state index >= 15 is 0 Å². The molecule has 0 unspecified atom stereocenters. The number of aromatic amines is 1. The SMILES string of the molecule is CCOc1ccc(N(Cc2cc3cc(C)ccc3[nH]c2=O)C(=O)c2cccc([N+](=O)[O-])c2)cc1. The molecule has 1 heterocycles. The van der Waals surface area contributed by atoms with Crippen molar-refractivity contribution in [3.05, 3.63) is 110 Å². The van der Waals surface area contributed by atoms with E-state index in [2.05, 4.69) is 4.98 Å². The van der Waals surface area contributed by atoms with Gasteiger partial charge < -0.3 is 14.6 Å². The summed E-state index contributed by atoms with van der Waals surface area (Å²) < 4.78 is 5.49. The van der Waals surface area contributed by atoms with Gasteiger partial charge in [0.2, 0.25) is 0 Å². The number of nitrogens with one attached hydrogen (secondary N) is 1. The Balaban J connectivity index is 1.78. The van der Waals surface area contributed by atoms with Gasteiger partial charge in [0.1, 0.15) is 5.75 Å². The number of aromatic nitrogens is 1. The zero-order valence-corrected chi connectivity index (χ0v) is 18.8. The molecule has 1 N–H and O–H groups in total. The van der Waals surface area contributed by atoms with E-state index in [-0.39, 0.29) is 23.4 Å². The third-order valence-electron chi connectivity index (χ3n) is 5.41. The number of nitrogens with zero attached hydrogens (tertiary/aromatic N) is 2. The van der Waals surface area contributed by atoms with Gasteiger partial charge in [0.15, 0.2) is 0 Å². The minimum Gasteiger partial charge on any atom is -0.494 e. The summed E-state index contributed by atoms with van der Waals surface area (Å²) in [5, 5.41) is 12.1. The number of anilines is 1. The summed E-state index contributed by atoms with van der Waals surface area (Å²) in [4.78, 5) is 41.3. The van der Waals surface area contributed by atoms with Gasteiger partial charge in [-0.15, -0.1) is 0 Å². The van der Waals surface area contributed by atoms with Crippen LogP contribution in [0.15, 0.2) is 77.6 Å². The van der Waals surface area contributed by atoms with Crippen LogP contribution in [0.2, 0.25) is 0 Å². The van der Waals surface area contributed by atoms with E-state index in [1.54, 1.807) is 30.3 Å². The summed E-state index contributed by atoms with van der Waals surface area (Å²) in [5.74, 6) is 0.185. The Morgan fingerprint density at radius 3 is 2.53 bits per heavy atom. The number of non-ortho nitro benzene ring substituents is 1. The molecule has 0 saturated carbocycles. The van der Waals surface area contributed by atoms with Crippen LogP contribution >= 0.6 is 0 Å². The second-order valence-corrected chi connectivity index (χ2v) is 7.84. The Hall–Kier alpha value is -4.46. The zero-order chi connectivity index (χ0) is 24.2. The second-order valence-electron chi connectivity index (χ2n) is 7.84. The van der Waals surface area contributed by atoms with Crippen LogP contribution in [0.3, 0.4) is 0 Å². The number of amides is 1. The van der Waals surface area contributed by atoms with Crippen LogP contribution in [0, 0.1) is 17.0 Å². The number of carbonyl (C=O) groups excluding carboxylic acids is 1. The summed E-state index contributed by atoms with van der Waals surface area (Å²) in [5.41, 5.74) is 2.33. The number of nitro groups is 1. The van der Waals surface area contributed by atoms with Crippen molar-refractivity contribution >= 4 is 28.2 Å². The molecule has 8 heteroatoms. The zero-order valence-electron chi connectivity index (χ0n) is 18.8. The van der Waals surface area contributed by atoms with Crippen LogP contribution in [0.4, 0.5) is 11.4 Å². The molecule has 0 fully saturated rings. The predicted octanol–water partition coefficient (Wildman–Crippen LogP) is 4.99. The van der Waals surface area contributed by atoms with Crippen LogP contribution in [0.5, 0.6) is 5.75 Å². The number of nitro benzene ring substituents is 1. The van der Waals surface area contributed by atoms with Gasteiger partial charge in [-0.05, 0) is 67.8 Å². The number of carbonyl (C=O) groups is 1. The maximum atomic E-state index is 13.5. The van der Waals surface area contributed by atoms with Gasteiger partial charge in [-0.1, -0.05) is 17.7 Å². The number of H-pyrrole nitrogens is 1. The highest BCUT2D eigenvalue weighted by atomic mass is 16.6. The van der Waals surface area contributed by atoms with Gasteiger partial charge in [-0.3, -0.25) is 19.7 Å². The highest BCUT2D eigenvalue weighted by molar-refractivity contribution is 6.06. The first-order chi connectivity index (χ1) is 16.4. The van der Waals surface area contributed by atoms with E-state index in [4.69, 9.17) is 4.74 Å². The van der Waals surface area contributed by atoms with E-state index in [1.807, 2.05) is 32.0 Å². The van der Waals surface area contributed by atoms with Crippen molar-refractivity contribution in [3.63, 3.8) is 0 Å². The van der Waals surface area contributed by atoms with Crippen LogP contribution in [0.1, 0.15) is 28.4 Å². The van der Waals surface area contributed by atoms with E-state index in [0.717, 1.165) is 10.9 Å². The van der Waals surface area contributed by atoms with Crippen molar-refractivity contribution in [1.82, 2.24) is 4.98 Å². The quantitative estimate of drug-likeness (QED) is 0.311. The van der Waals surface area contributed by atoms with Crippen molar-refractivity contribution in [2.24, 2.45) is 0 Å². The first kappa shape index (κ1) is 22.7. The molecule has 0 aliphatic heterocycles. The van der Waals surface area contributed by atoms with E-state index in [0.29, 0.717) is 29.1 Å². The van der Waals surface area contributed by atoms with Gasteiger partial charge >= 0.3 is 0 Å². The van der Waals surface area contributed by atoms with Crippen molar-refractivity contribution in [1.29, 1.82) is 0 Å². The number of aryl methyl sites for hydroxylation is 1. The molecule has 1 amide bonds. The minimum atomic E-state index is -0.547. The Morgan fingerprint density at radius 2 is 1.82 bits per heavy atom. The predicted molar refractivity (Wildman–Crippen MR) is 131 cm³/mol. The summed E-state index contributed by atoms with van der Waals surface area (Å²) in [7, 11) is 0. The highest BCUT2D eigenvalue weighted by Gasteiger charge is 2.22. The first-order valence-corrected chi connectivity index (χ1v) is 10.8. The first-order valence-electron chi connectivity index (χ1n) is 10.8. The minimum absolute atomic E-state index is 0.0191. The van der Waals surface area contributed by atoms with Crippen LogP contribution in [-0.4, -0.2) is 22.4 Å². The number of rotatable bonds is 7. The average molecular weight is 457 g/mol. The molecule has 0 aliphatic rings. The lowest BCUT2D eigenvalue weighted by Crippen LogP contribution is -2.33. The molecule has 0 atom stereocenters. The Kier molecular flexibility index (Phi) is 6.40. The summed E-state index contributed by atoms with van der Waals surface area (Å²) in [6.45, 7) is 4.32. The molecule has 34 heavy (non-hydrogen) atoms. The molecule has 172 valence electrons. The Bertz CT molecular complexity index is 1430. The van der Waals surface area contributed by atoms with Crippen molar-refractivity contribution in [2.45, 2.75) is 20.4 Å². The lowest BCUT2D eigenvalue weighted by atomic mass is 10.1. The van der Waals surface area contributed by atoms with Gasteiger partial charge in [0, 0.05) is 34.5 Å². The van der Waals surface area contributed by atoms with Gasteiger partial charge in [-0.25, -0.2) is 0 Å². The van der Waals surface area contributed by atoms with E-state index in [1.165, 1.54) is 29.2 Å². The third kappa shape index (κ3) is 4.80. The van der Waals surface area contributed by atoms with E-state index in [9.17, 15) is 19.7 Å². The molecule has 4 aromatic rings. The number of ether oxygens (including phenoxy) is 1. The molecule has 4 rings (SSSR count). The van der Waals surface area contributed by atoms with Crippen LogP contribution in [0.25, 0.3) is 10.9 Å². The molecule has 0 spiro atoms. The topological polar surface area (TPSA) is 106 Å². The number of hydrogen-bond acceptors (Lipinski definition) is 5. The molecule has 3 aromatic carbocycles. The monoisotopic (exact) mass is 457 g/mol. The standard InChI is InChI=1S/C26H23N3O5/c1-3-34-23-10-8-21(9-11-23)28(26(31)18-5-4-6-22(15-18)29(32)33)16-20-14-19-13-17(2)7-12-24(19)27-25(20)30/h4-15H,3,16H2,1-2H3,(H,27,30). The fraction of sp³-hybridized carbons (Fsp3) is 0.154. The number of hydrogen-bond donors (Lipinski definition) is 1. The van der Waals surface area contributed by atoms with Crippen molar-refractivity contribution < 1.29 is 14.5 Å². The lowest BCUT2D eigenvalue weighted by Gasteiger charge is -2.23. The second kappa shape index (κ2) is 9.58. The van der Waals surface area contributed by atoms with E-state index < -0.39 is 10.8 Å². The maximum absolute atomic E-state index is 13.5. The number of benzene rings is 3. The summed E-state index contributed by atoms with van der Waals surface area (Å²) >= 11 is 0. The Morgan fingerprint density at radius 1 is 1.06 bits per heavy atom. The molecular weight excluding hydrogens is 434 g/mol. The molecule has 1 aromatic heterocycles. The average Bonchev–Trinajstić information content (AvgIpc) is 2.83. The number of pyridine rings is 1. The number of fused-ring (bicyclic) bond motifs is 1. The largest absolute Gasteiger partial charge is 0.494 e. The van der Waals surface area contributed by atoms with Crippen molar-refractivity contribution in [3.8, 4) is 5.75 Å². The molecule has 0 saturated heterocycles. The highest BCUT2D eigenvalue weighted by Crippen LogP contribution is 2.25. The lowest BCUT2D eigenvalue weighted by molar-refractivity contribution is -0.384. The summed E-state index contributed by atoms with van der Waals surface area (Å²) in [6.07, 6.45) is 0. The normalized spacial score (nSPS) is 10.8. The molecular formula is C26H23N3O5. The molecule has 0 aliphatic carbocycles. The molecule has 8 nitrogen and oxygen atoms in total.